The summed E-state index contributed by atoms with van der Waals surface area (Å²) < 4.78 is 7.36. The Labute approximate surface area is 172 Å². The van der Waals surface area contributed by atoms with Gasteiger partial charge >= 0.3 is 0 Å². The molecule has 162 valence electrons. The van der Waals surface area contributed by atoms with E-state index in [0.29, 0.717) is 5.96 Å². The number of hydrogen-bond acceptors (Lipinski definition) is 6. The van der Waals surface area contributed by atoms with Crippen LogP contribution in [0.3, 0.4) is 0 Å². The van der Waals surface area contributed by atoms with Crippen LogP contribution in [0.1, 0.15) is 24.5 Å². The van der Waals surface area contributed by atoms with Gasteiger partial charge in [0, 0.05) is 46.2 Å². The van der Waals surface area contributed by atoms with Gasteiger partial charge in [0.1, 0.15) is 18.2 Å². The van der Waals surface area contributed by atoms with Crippen LogP contribution in [0.2, 0.25) is 0 Å². The van der Waals surface area contributed by atoms with Gasteiger partial charge in [0.25, 0.3) is 0 Å². The van der Waals surface area contributed by atoms with E-state index in [0.717, 1.165) is 76.8 Å². The zero-order valence-corrected chi connectivity index (χ0v) is 17.9. The highest BCUT2D eigenvalue weighted by Gasteiger charge is 2.22. The van der Waals surface area contributed by atoms with Gasteiger partial charge in [-0.1, -0.05) is 0 Å². The van der Waals surface area contributed by atoms with Crippen LogP contribution in [0.5, 0.6) is 0 Å². The molecule has 10 heteroatoms. The molecule has 3 heterocycles. The van der Waals surface area contributed by atoms with Crippen LogP contribution in [0.15, 0.2) is 4.99 Å². The molecular weight excluding hydrogens is 372 g/mol. The largest absolute Gasteiger partial charge is 0.379 e. The Morgan fingerprint density at radius 1 is 1.34 bits per heavy atom. The average Bonchev–Trinajstić information content (AvgIpc) is 3.08. The lowest BCUT2D eigenvalue weighted by atomic mass is 10.1. The molecule has 2 N–H and O–H groups in total. The molecular formula is C19H34N8O2. The second-order valence-corrected chi connectivity index (χ2v) is 7.82. The van der Waals surface area contributed by atoms with E-state index in [2.05, 4.69) is 30.6 Å². The van der Waals surface area contributed by atoms with Crippen LogP contribution >= 0.6 is 0 Å². The summed E-state index contributed by atoms with van der Waals surface area (Å²) in [7, 11) is 3.49. The number of guanidine groups is 1. The van der Waals surface area contributed by atoms with E-state index in [9.17, 15) is 4.79 Å². The highest BCUT2D eigenvalue weighted by atomic mass is 16.5. The number of nitrogens with zero attached hydrogens (tertiary/aromatic N) is 6. The Bertz CT molecular complexity index is 696. The van der Waals surface area contributed by atoms with E-state index in [1.54, 1.807) is 19.0 Å². The molecule has 1 aromatic heterocycles. The van der Waals surface area contributed by atoms with Crippen molar-refractivity contribution in [3.05, 3.63) is 11.6 Å². The summed E-state index contributed by atoms with van der Waals surface area (Å²) in [6, 6.07) is 0.212. The molecule has 0 radical (unpaired) electrons. The third-order valence-electron chi connectivity index (χ3n) is 5.22. The molecule has 0 aliphatic carbocycles. The molecule has 3 rings (SSSR count). The number of aromatic nitrogens is 3. The van der Waals surface area contributed by atoms with Crippen LogP contribution in [0.4, 0.5) is 0 Å². The standard InChI is InChI=1S/C19H34N8O2/c1-15-22-17-6-5-16(14-27(17)24-15)23-19(21-13-18(28)25(2)3)20-7-4-8-26-9-11-29-12-10-26/h16H,4-14H2,1-3H3,(H2,20,21,23). The summed E-state index contributed by atoms with van der Waals surface area (Å²) in [4.78, 5) is 24.9. The first-order valence-corrected chi connectivity index (χ1v) is 10.5. The number of carbonyl (C=O) groups excluding carboxylic acids is 1. The highest BCUT2D eigenvalue weighted by molar-refractivity contribution is 5.84. The van der Waals surface area contributed by atoms with Gasteiger partial charge in [-0.2, -0.15) is 5.10 Å². The van der Waals surface area contributed by atoms with Crippen molar-refractivity contribution in [3.63, 3.8) is 0 Å². The number of likely N-dealkylation sites (N-methyl/N-ethyl adjacent to an activating group) is 1. The second-order valence-electron chi connectivity index (χ2n) is 7.82. The fourth-order valence-corrected chi connectivity index (χ4v) is 3.52. The quantitative estimate of drug-likeness (QED) is 0.349. The van der Waals surface area contributed by atoms with E-state index in [4.69, 9.17) is 4.74 Å². The molecule has 1 aromatic rings. The van der Waals surface area contributed by atoms with Gasteiger partial charge in [0.05, 0.1) is 19.8 Å². The molecule has 1 saturated heterocycles. The van der Waals surface area contributed by atoms with Gasteiger partial charge in [-0.15, -0.1) is 0 Å². The van der Waals surface area contributed by atoms with Crippen LogP contribution < -0.4 is 10.6 Å². The van der Waals surface area contributed by atoms with Crippen LogP contribution in [0, 0.1) is 6.92 Å². The van der Waals surface area contributed by atoms with E-state index in [-0.39, 0.29) is 18.5 Å². The molecule has 29 heavy (non-hydrogen) atoms. The Balaban J connectivity index is 1.51. The monoisotopic (exact) mass is 406 g/mol. The van der Waals surface area contributed by atoms with E-state index in [1.807, 2.05) is 11.6 Å². The second kappa shape index (κ2) is 10.5. The van der Waals surface area contributed by atoms with Crippen LogP contribution in [-0.4, -0.2) is 103 Å². The number of nitrogens with one attached hydrogen (secondary N) is 2. The fourth-order valence-electron chi connectivity index (χ4n) is 3.52. The van der Waals surface area contributed by atoms with E-state index in [1.165, 1.54) is 0 Å². The number of aryl methyl sites for hydroxylation is 2. The molecule has 2 aliphatic heterocycles. The third kappa shape index (κ3) is 6.67. The molecule has 0 aromatic carbocycles. The summed E-state index contributed by atoms with van der Waals surface area (Å²) in [5, 5.41) is 11.3. The van der Waals surface area contributed by atoms with Crippen molar-refractivity contribution in [3.8, 4) is 0 Å². The first-order valence-electron chi connectivity index (χ1n) is 10.5. The summed E-state index contributed by atoms with van der Waals surface area (Å²) >= 11 is 0. The number of rotatable bonds is 7. The lowest BCUT2D eigenvalue weighted by Crippen LogP contribution is -2.48. The van der Waals surface area contributed by atoms with Crippen molar-refractivity contribution in [2.45, 2.75) is 38.8 Å². The molecule has 2 aliphatic rings. The summed E-state index contributed by atoms with van der Waals surface area (Å²) in [5.41, 5.74) is 0. The number of aliphatic imine (C=N–C) groups is 1. The Kier molecular flexibility index (Phi) is 7.82. The SMILES string of the molecule is Cc1nc2n(n1)CC(NC(=NCC(=O)N(C)C)NCCCN1CCOCC1)CC2. The van der Waals surface area contributed by atoms with Gasteiger partial charge in [-0.25, -0.2) is 14.7 Å². The maximum Gasteiger partial charge on any atom is 0.243 e. The van der Waals surface area contributed by atoms with E-state index < -0.39 is 0 Å². The number of amides is 1. The van der Waals surface area contributed by atoms with Gasteiger partial charge in [-0.05, 0) is 26.3 Å². The summed E-state index contributed by atoms with van der Waals surface area (Å²) in [6.07, 6.45) is 2.87. The zero-order valence-electron chi connectivity index (χ0n) is 17.9. The molecule has 1 amide bonds. The maximum atomic E-state index is 12.0. The Morgan fingerprint density at radius 2 is 2.14 bits per heavy atom. The average molecular weight is 407 g/mol. The first kappa shape index (κ1) is 21.5. The first-order chi connectivity index (χ1) is 14.0. The number of fused-ring (bicyclic) bond motifs is 1. The van der Waals surface area contributed by atoms with Crippen molar-refractivity contribution in [2.24, 2.45) is 4.99 Å². The summed E-state index contributed by atoms with van der Waals surface area (Å²) in [6.45, 7) is 8.28. The van der Waals surface area contributed by atoms with Gasteiger partial charge in [0.2, 0.25) is 5.91 Å². The molecule has 1 atom stereocenters. The lowest BCUT2D eigenvalue weighted by Gasteiger charge is -2.27. The fraction of sp³-hybridized carbons (Fsp3) is 0.789. The van der Waals surface area contributed by atoms with Gasteiger partial charge < -0.3 is 20.3 Å². The molecule has 0 saturated carbocycles. The highest BCUT2D eigenvalue weighted by Crippen LogP contribution is 2.12. The molecule has 0 spiro atoms. The normalized spacial score (nSPS) is 20.2. The number of morpholine rings is 1. The number of ether oxygens (including phenoxy) is 1. The van der Waals surface area contributed by atoms with Crippen molar-refractivity contribution in [1.29, 1.82) is 0 Å². The van der Waals surface area contributed by atoms with Gasteiger partial charge in [0.15, 0.2) is 5.96 Å². The lowest BCUT2D eigenvalue weighted by molar-refractivity contribution is -0.127. The topological polar surface area (TPSA) is 99.9 Å². The molecule has 10 nitrogen and oxygen atoms in total. The summed E-state index contributed by atoms with van der Waals surface area (Å²) in [5.74, 6) is 2.53. The van der Waals surface area contributed by atoms with Crippen molar-refractivity contribution in [2.75, 3.05) is 60.0 Å². The maximum absolute atomic E-state index is 12.0. The molecule has 1 fully saturated rings. The van der Waals surface area contributed by atoms with Crippen molar-refractivity contribution >= 4 is 11.9 Å². The van der Waals surface area contributed by atoms with Crippen molar-refractivity contribution in [1.82, 2.24) is 35.2 Å². The number of carbonyl (C=O) groups is 1. The zero-order chi connectivity index (χ0) is 20.6. The number of hydrogen-bond donors (Lipinski definition) is 2. The van der Waals surface area contributed by atoms with E-state index >= 15 is 0 Å². The van der Waals surface area contributed by atoms with Crippen molar-refractivity contribution < 1.29 is 9.53 Å². The Morgan fingerprint density at radius 3 is 2.90 bits per heavy atom. The minimum absolute atomic E-state index is 0.0164. The smallest absolute Gasteiger partial charge is 0.243 e. The molecule has 0 bridgehead atoms. The van der Waals surface area contributed by atoms with Crippen LogP contribution in [0.25, 0.3) is 0 Å². The minimum Gasteiger partial charge on any atom is -0.379 e. The Hall–Kier alpha value is -2.20. The van der Waals surface area contributed by atoms with Gasteiger partial charge in [-0.3, -0.25) is 9.69 Å². The molecule has 1 unspecified atom stereocenters. The minimum atomic E-state index is -0.0164. The predicted octanol–water partition coefficient (Wildman–Crippen LogP) is -0.753. The predicted molar refractivity (Wildman–Crippen MR) is 111 cm³/mol. The third-order valence-corrected chi connectivity index (χ3v) is 5.22. The van der Waals surface area contributed by atoms with Crippen LogP contribution in [-0.2, 0) is 22.5 Å².